The van der Waals surface area contributed by atoms with Crippen LogP contribution in [0.25, 0.3) is 5.69 Å². The first-order valence-corrected chi connectivity index (χ1v) is 13.6. The largest absolute Gasteiger partial charge is 0.492 e. The molecule has 0 fully saturated rings. The van der Waals surface area contributed by atoms with Gasteiger partial charge in [0.15, 0.2) is 17.5 Å². The van der Waals surface area contributed by atoms with Crippen molar-refractivity contribution in [3.63, 3.8) is 0 Å². The minimum Gasteiger partial charge on any atom is -0.492 e. The maximum absolute atomic E-state index is 14.1. The first-order valence-electron chi connectivity index (χ1n) is 13.6. The Morgan fingerprint density at radius 3 is 2.39 bits per heavy atom. The standard InChI is InChI=1S/C33H27FN6O/c1-3-41-28-16-10-8-14-26(28)36-31-33-37-32-29(21(2)38-40(32)24-11-5-4-6-12-24)30(22-17-19-23(34)20-18-22)39(33)27-15-9-7-13-25(27)35-31/h4-20,30H,3H2,1-2H3,(H,35,36)/t30-/m1/s1. The van der Waals surface area contributed by atoms with E-state index < -0.39 is 0 Å². The summed E-state index contributed by atoms with van der Waals surface area (Å²) < 4.78 is 21.9. The number of hydrogen-bond acceptors (Lipinski definition) is 6. The van der Waals surface area contributed by atoms with Crippen molar-refractivity contribution in [3.8, 4) is 11.4 Å². The molecule has 7 rings (SSSR count). The molecule has 0 saturated heterocycles. The van der Waals surface area contributed by atoms with Crippen LogP contribution in [-0.2, 0) is 0 Å². The fourth-order valence-electron chi connectivity index (χ4n) is 5.49. The summed E-state index contributed by atoms with van der Waals surface area (Å²) in [6.07, 6.45) is 0. The number of para-hydroxylation sites is 5. The van der Waals surface area contributed by atoms with Crippen molar-refractivity contribution in [3.05, 3.63) is 126 Å². The number of rotatable bonds is 5. The fourth-order valence-corrected chi connectivity index (χ4v) is 5.49. The maximum atomic E-state index is 14.1. The molecule has 4 aromatic carbocycles. The lowest BCUT2D eigenvalue weighted by Gasteiger charge is -2.40. The van der Waals surface area contributed by atoms with Crippen molar-refractivity contribution in [2.75, 3.05) is 16.8 Å². The van der Waals surface area contributed by atoms with Gasteiger partial charge in [0, 0.05) is 5.56 Å². The van der Waals surface area contributed by atoms with Crippen LogP contribution in [0.2, 0.25) is 0 Å². The average Bonchev–Trinajstić information content (AvgIpc) is 3.34. The first kappa shape index (κ1) is 24.8. The summed E-state index contributed by atoms with van der Waals surface area (Å²) >= 11 is 0. The van der Waals surface area contributed by atoms with Crippen molar-refractivity contribution in [2.24, 2.45) is 9.98 Å². The molecule has 1 atom stereocenters. The van der Waals surface area contributed by atoms with E-state index in [1.54, 1.807) is 0 Å². The number of halogens is 1. The number of hydrogen-bond donors (Lipinski definition) is 1. The molecular weight excluding hydrogens is 515 g/mol. The Labute approximate surface area is 237 Å². The van der Waals surface area contributed by atoms with Crippen molar-refractivity contribution >= 4 is 34.6 Å². The normalized spacial score (nSPS) is 15.3. The second-order valence-electron chi connectivity index (χ2n) is 9.83. The zero-order valence-electron chi connectivity index (χ0n) is 22.6. The van der Waals surface area contributed by atoms with Gasteiger partial charge in [0.05, 0.1) is 41.1 Å². The molecule has 0 saturated carbocycles. The third-order valence-corrected chi connectivity index (χ3v) is 7.26. The molecule has 8 heteroatoms. The van der Waals surface area contributed by atoms with E-state index in [1.165, 1.54) is 12.1 Å². The number of anilines is 2. The summed E-state index contributed by atoms with van der Waals surface area (Å²) in [4.78, 5) is 12.5. The highest BCUT2D eigenvalue weighted by Gasteiger charge is 2.41. The number of ether oxygens (including phenoxy) is 1. The lowest BCUT2D eigenvalue weighted by Crippen LogP contribution is -2.46. The summed E-state index contributed by atoms with van der Waals surface area (Å²) in [5.41, 5.74) is 6.10. The Morgan fingerprint density at radius 1 is 0.854 bits per heavy atom. The van der Waals surface area contributed by atoms with E-state index in [1.807, 2.05) is 110 Å². The number of amidine groups is 2. The molecular formula is C33H27FN6O. The van der Waals surface area contributed by atoms with Gasteiger partial charge in [0.25, 0.3) is 0 Å². The molecule has 0 amide bonds. The van der Waals surface area contributed by atoms with Crippen molar-refractivity contribution in [2.45, 2.75) is 19.9 Å². The van der Waals surface area contributed by atoms with E-state index in [0.29, 0.717) is 24.1 Å². The lowest BCUT2D eigenvalue weighted by molar-refractivity contribution is 0.342. The van der Waals surface area contributed by atoms with Crippen LogP contribution in [0.3, 0.4) is 0 Å². The number of benzene rings is 4. The summed E-state index contributed by atoms with van der Waals surface area (Å²) in [6, 6.07) is 32.1. The quantitative estimate of drug-likeness (QED) is 0.250. The average molecular weight is 543 g/mol. The van der Waals surface area contributed by atoms with Crippen molar-refractivity contribution in [1.29, 1.82) is 0 Å². The number of nitrogens with one attached hydrogen (secondary N) is 1. The smallest absolute Gasteiger partial charge is 0.179 e. The van der Waals surface area contributed by atoms with Crippen LogP contribution in [0, 0.1) is 12.7 Å². The summed E-state index contributed by atoms with van der Waals surface area (Å²) in [5, 5.41) is 8.46. The van der Waals surface area contributed by atoms with Crippen LogP contribution in [-0.4, -0.2) is 28.1 Å². The van der Waals surface area contributed by atoms with Gasteiger partial charge >= 0.3 is 0 Å². The minimum atomic E-state index is -0.328. The van der Waals surface area contributed by atoms with Crippen molar-refractivity contribution in [1.82, 2.24) is 9.78 Å². The molecule has 41 heavy (non-hydrogen) atoms. The van der Waals surface area contributed by atoms with Gasteiger partial charge in [-0.05, 0) is 67.9 Å². The molecule has 0 spiro atoms. The van der Waals surface area contributed by atoms with E-state index in [9.17, 15) is 4.39 Å². The Hall–Kier alpha value is -5.24. The molecule has 3 heterocycles. The second kappa shape index (κ2) is 10.1. The van der Waals surface area contributed by atoms with Crippen LogP contribution in [0.4, 0.5) is 27.3 Å². The van der Waals surface area contributed by atoms with Crippen LogP contribution in [0.5, 0.6) is 5.75 Å². The van der Waals surface area contributed by atoms with Gasteiger partial charge in [-0.15, -0.1) is 0 Å². The SMILES string of the molecule is CCOc1ccccc1NC1=Nc2ccccc2N2C1=Nc1c(c(C)nn1-c1ccccc1)[C@H]2c1ccc(F)cc1. The first-order chi connectivity index (χ1) is 20.1. The van der Waals surface area contributed by atoms with E-state index in [2.05, 4.69) is 10.2 Å². The molecule has 0 aliphatic carbocycles. The Kier molecular flexibility index (Phi) is 6.08. The van der Waals surface area contributed by atoms with Crippen LogP contribution in [0.15, 0.2) is 113 Å². The highest BCUT2D eigenvalue weighted by Crippen LogP contribution is 2.48. The summed E-state index contributed by atoms with van der Waals surface area (Å²) in [7, 11) is 0. The third-order valence-electron chi connectivity index (χ3n) is 7.26. The van der Waals surface area contributed by atoms with Gasteiger partial charge in [-0.2, -0.15) is 5.10 Å². The molecule has 0 radical (unpaired) electrons. The summed E-state index contributed by atoms with van der Waals surface area (Å²) in [6.45, 7) is 4.49. The molecule has 0 unspecified atom stereocenters. The highest BCUT2D eigenvalue weighted by molar-refractivity contribution is 6.51. The number of aryl methyl sites for hydroxylation is 1. The summed E-state index contributed by atoms with van der Waals surface area (Å²) in [5.74, 6) is 2.36. The molecule has 2 aliphatic rings. The number of aliphatic imine (C=N–C) groups is 2. The Balaban J connectivity index is 1.48. The van der Waals surface area contributed by atoms with Crippen LogP contribution in [0.1, 0.15) is 29.8 Å². The minimum absolute atomic E-state index is 0.286. The lowest BCUT2D eigenvalue weighted by atomic mass is 9.93. The molecule has 5 aromatic rings. The van der Waals surface area contributed by atoms with Gasteiger partial charge in [-0.3, -0.25) is 0 Å². The third kappa shape index (κ3) is 4.24. The zero-order chi connectivity index (χ0) is 27.9. The van der Waals surface area contributed by atoms with Crippen LogP contribution >= 0.6 is 0 Å². The Bertz CT molecular complexity index is 1810. The van der Waals surface area contributed by atoms with Gasteiger partial charge in [0.1, 0.15) is 11.6 Å². The highest BCUT2D eigenvalue weighted by atomic mass is 19.1. The molecule has 1 aromatic heterocycles. The van der Waals surface area contributed by atoms with Gasteiger partial charge in [-0.1, -0.05) is 54.6 Å². The predicted octanol–water partition coefficient (Wildman–Crippen LogP) is 7.51. The van der Waals surface area contributed by atoms with Crippen LogP contribution < -0.4 is 15.0 Å². The maximum Gasteiger partial charge on any atom is 0.179 e. The molecule has 1 N–H and O–H groups in total. The second-order valence-corrected chi connectivity index (χ2v) is 9.83. The number of aromatic nitrogens is 2. The predicted molar refractivity (Wildman–Crippen MR) is 161 cm³/mol. The van der Waals surface area contributed by atoms with Gasteiger partial charge in [0.2, 0.25) is 0 Å². The number of nitrogens with zero attached hydrogens (tertiary/aromatic N) is 5. The number of fused-ring (bicyclic) bond motifs is 4. The molecule has 0 bridgehead atoms. The molecule has 7 nitrogen and oxygen atoms in total. The van der Waals surface area contributed by atoms with E-state index >= 15 is 0 Å². The van der Waals surface area contributed by atoms with Gasteiger partial charge < -0.3 is 15.0 Å². The topological polar surface area (TPSA) is 67.0 Å². The van der Waals surface area contributed by atoms with E-state index in [4.69, 9.17) is 19.8 Å². The van der Waals surface area contributed by atoms with E-state index in [-0.39, 0.29) is 11.9 Å². The molecule has 202 valence electrons. The van der Waals surface area contributed by atoms with E-state index in [0.717, 1.165) is 45.3 Å². The zero-order valence-corrected chi connectivity index (χ0v) is 22.6. The van der Waals surface area contributed by atoms with Gasteiger partial charge in [-0.25, -0.2) is 19.1 Å². The Morgan fingerprint density at radius 2 is 1.59 bits per heavy atom. The fraction of sp³-hybridized carbons (Fsp3) is 0.121. The van der Waals surface area contributed by atoms with Crippen molar-refractivity contribution < 1.29 is 9.13 Å². The molecule has 2 aliphatic heterocycles. The monoisotopic (exact) mass is 542 g/mol.